The zero-order valence-electron chi connectivity index (χ0n) is 11.0. The quantitative estimate of drug-likeness (QED) is 0.867. The molecule has 0 amide bonds. The van der Waals surface area contributed by atoms with E-state index in [2.05, 4.69) is 37.4 Å². The number of nitrogens with zero attached hydrogens (tertiary/aromatic N) is 1. The van der Waals surface area contributed by atoms with Gasteiger partial charge in [-0.05, 0) is 42.7 Å². The normalized spacial score (nSPS) is 10.0. The van der Waals surface area contributed by atoms with E-state index in [-0.39, 0.29) is 0 Å². The Morgan fingerprint density at radius 3 is 2.74 bits per heavy atom. The first-order valence-electron chi connectivity index (χ1n) is 6.21. The van der Waals surface area contributed by atoms with E-state index < -0.39 is 0 Å². The molecule has 0 aliphatic rings. The van der Waals surface area contributed by atoms with Crippen LogP contribution in [0.5, 0.6) is 0 Å². The Bertz CT molecular complexity index is 642. The number of hydrogen-bond donors (Lipinski definition) is 1. The van der Waals surface area contributed by atoms with E-state index >= 15 is 0 Å². The van der Waals surface area contributed by atoms with Gasteiger partial charge in [0.05, 0.1) is 11.3 Å². The predicted molar refractivity (Wildman–Crippen MR) is 80.0 cm³/mol. The maximum absolute atomic E-state index is 9.17. The third-order valence-electron chi connectivity index (χ3n) is 3.10. The fourth-order valence-corrected chi connectivity index (χ4v) is 2.23. The summed E-state index contributed by atoms with van der Waals surface area (Å²) in [6.07, 6.45) is 0.944. The van der Waals surface area contributed by atoms with Crippen molar-refractivity contribution in [3.05, 3.63) is 58.1 Å². The molecule has 0 aliphatic heterocycles. The maximum Gasteiger partial charge on any atom is 0.101 e. The van der Waals surface area contributed by atoms with Gasteiger partial charge in [-0.25, -0.2) is 0 Å². The van der Waals surface area contributed by atoms with E-state index in [1.54, 1.807) is 12.1 Å². The second-order valence-corrected chi connectivity index (χ2v) is 4.83. The van der Waals surface area contributed by atoms with Crippen molar-refractivity contribution in [1.82, 2.24) is 0 Å². The summed E-state index contributed by atoms with van der Waals surface area (Å²) in [7, 11) is 0. The summed E-state index contributed by atoms with van der Waals surface area (Å²) in [6.45, 7) is 4.18. The molecule has 2 aromatic rings. The average molecular weight is 271 g/mol. The molecule has 2 aromatic carbocycles. The lowest BCUT2D eigenvalue weighted by molar-refractivity contribution is 1.13. The van der Waals surface area contributed by atoms with Gasteiger partial charge in [-0.15, -0.1) is 0 Å². The lowest BCUT2D eigenvalue weighted by atomic mass is 10.0. The lowest BCUT2D eigenvalue weighted by Gasteiger charge is -2.15. The molecular formula is C16H15ClN2. The van der Waals surface area contributed by atoms with Gasteiger partial charge in [-0.2, -0.15) is 5.26 Å². The number of aryl methyl sites for hydroxylation is 2. The highest BCUT2D eigenvalue weighted by molar-refractivity contribution is 6.30. The van der Waals surface area contributed by atoms with E-state index in [1.807, 2.05) is 12.1 Å². The van der Waals surface area contributed by atoms with Crippen LogP contribution in [0, 0.1) is 18.3 Å². The van der Waals surface area contributed by atoms with E-state index in [0.29, 0.717) is 10.6 Å². The number of para-hydroxylation sites is 1. The number of rotatable bonds is 3. The van der Waals surface area contributed by atoms with Crippen molar-refractivity contribution < 1.29 is 0 Å². The van der Waals surface area contributed by atoms with Crippen LogP contribution in [0.15, 0.2) is 36.4 Å². The second kappa shape index (κ2) is 5.77. The van der Waals surface area contributed by atoms with Gasteiger partial charge in [-0.3, -0.25) is 0 Å². The molecule has 96 valence electrons. The molecule has 19 heavy (non-hydrogen) atoms. The third-order valence-corrected chi connectivity index (χ3v) is 3.34. The third kappa shape index (κ3) is 2.89. The minimum atomic E-state index is 0.554. The van der Waals surface area contributed by atoms with Gasteiger partial charge in [0.25, 0.3) is 0 Å². The van der Waals surface area contributed by atoms with Gasteiger partial charge in [0, 0.05) is 10.7 Å². The van der Waals surface area contributed by atoms with Crippen LogP contribution in [0.25, 0.3) is 0 Å². The van der Waals surface area contributed by atoms with Crippen LogP contribution >= 0.6 is 11.6 Å². The number of nitrogens with one attached hydrogen (secondary N) is 1. The number of benzene rings is 2. The molecule has 0 aliphatic carbocycles. The highest BCUT2D eigenvalue weighted by Gasteiger charge is 2.08. The van der Waals surface area contributed by atoms with Crippen molar-refractivity contribution in [2.75, 3.05) is 5.32 Å². The Labute approximate surface area is 118 Å². The van der Waals surface area contributed by atoms with Crippen molar-refractivity contribution in [1.29, 1.82) is 5.26 Å². The van der Waals surface area contributed by atoms with Gasteiger partial charge < -0.3 is 5.32 Å². The molecule has 0 heterocycles. The first-order chi connectivity index (χ1) is 9.15. The molecule has 0 spiro atoms. The molecular weight excluding hydrogens is 256 g/mol. The number of hydrogen-bond acceptors (Lipinski definition) is 2. The van der Waals surface area contributed by atoms with E-state index in [0.717, 1.165) is 23.4 Å². The van der Waals surface area contributed by atoms with Gasteiger partial charge in [-0.1, -0.05) is 36.7 Å². The molecule has 0 saturated heterocycles. The van der Waals surface area contributed by atoms with Crippen molar-refractivity contribution >= 4 is 23.0 Å². The SMILES string of the molecule is CCc1cccc(C)c1Nc1ccc(Cl)cc1C#N. The highest BCUT2D eigenvalue weighted by Crippen LogP contribution is 2.28. The molecule has 0 aromatic heterocycles. The van der Waals surface area contributed by atoms with Crippen molar-refractivity contribution in [2.24, 2.45) is 0 Å². The molecule has 2 nitrogen and oxygen atoms in total. The van der Waals surface area contributed by atoms with Gasteiger partial charge >= 0.3 is 0 Å². The second-order valence-electron chi connectivity index (χ2n) is 4.39. The summed E-state index contributed by atoms with van der Waals surface area (Å²) in [5, 5.41) is 13.1. The molecule has 3 heteroatoms. The lowest BCUT2D eigenvalue weighted by Crippen LogP contribution is -1.99. The molecule has 0 radical (unpaired) electrons. The maximum atomic E-state index is 9.17. The average Bonchev–Trinajstić information content (AvgIpc) is 2.42. The summed E-state index contributed by atoms with van der Waals surface area (Å²) < 4.78 is 0. The summed E-state index contributed by atoms with van der Waals surface area (Å²) >= 11 is 5.91. The minimum Gasteiger partial charge on any atom is -0.354 e. The molecule has 0 unspecified atom stereocenters. The fraction of sp³-hybridized carbons (Fsp3) is 0.188. The predicted octanol–water partition coefficient (Wildman–Crippen LogP) is 4.83. The first-order valence-corrected chi connectivity index (χ1v) is 6.58. The Morgan fingerprint density at radius 1 is 1.26 bits per heavy atom. The van der Waals surface area contributed by atoms with Crippen LogP contribution in [0.1, 0.15) is 23.6 Å². The van der Waals surface area contributed by atoms with Crippen molar-refractivity contribution in [3.8, 4) is 6.07 Å². The molecule has 2 rings (SSSR count). The van der Waals surface area contributed by atoms with Crippen LogP contribution in [0.4, 0.5) is 11.4 Å². The number of halogens is 1. The summed E-state index contributed by atoms with van der Waals surface area (Å²) in [5.41, 5.74) is 4.81. The summed E-state index contributed by atoms with van der Waals surface area (Å²) in [5.74, 6) is 0. The van der Waals surface area contributed by atoms with Gasteiger partial charge in [0.1, 0.15) is 6.07 Å². The van der Waals surface area contributed by atoms with E-state index in [9.17, 15) is 0 Å². The molecule has 0 bridgehead atoms. The summed E-state index contributed by atoms with van der Waals surface area (Å²) in [6, 6.07) is 13.7. The van der Waals surface area contributed by atoms with Crippen LogP contribution < -0.4 is 5.32 Å². The molecule has 0 fully saturated rings. The fourth-order valence-electron chi connectivity index (χ4n) is 2.05. The van der Waals surface area contributed by atoms with Crippen LogP contribution in [-0.2, 0) is 6.42 Å². The zero-order valence-corrected chi connectivity index (χ0v) is 11.8. The molecule has 0 atom stereocenters. The summed E-state index contributed by atoms with van der Waals surface area (Å²) in [4.78, 5) is 0. The topological polar surface area (TPSA) is 35.8 Å². The van der Waals surface area contributed by atoms with E-state index in [1.165, 1.54) is 5.56 Å². The van der Waals surface area contributed by atoms with Crippen molar-refractivity contribution in [3.63, 3.8) is 0 Å². The Kier molecular flexibility index (Phi) is 4.09. The Morgan fingerprint density at radius 2 is 2.05 bits per heavy atom. The van der Waals surface area contributed by atoms with E-state index in [4.69, 9.17) is 16.9 Å². The minimum absolute atomic E-state index is 0.554. The smallest absolute Gasteiger partial charge is 0.101 e. The molecule has 0 saturated carbocycles. The Hall–Kier alpha value is -1.98. The van der Waals surface area contributed by atoms with Gasteiger partial charge in [0.2, 0.25) is 0 Å². The van der Waals surface area contributed by atoms with Crippen LogP contribution in [0.3, 0.4) is 0 Å². The van der Waals surface area contributed by atoms with Crippen LogP contribution in [0.2, 0.25) is 5.02 Å². The van der Waals surface area contributed by atoms with Crippen LogP contribution in [-0.4, -0.2) is 0 Å². The first kappa shape index (κ1) is 13.5. The zero-order chi connectivity index (χ0) is 13.8. The number of anilines is 2. The van der Waals surface area contributed by atoms with Crippen molar-refractivity contribution in [2.45, 2.75) is 20.3 Å². The highest BCUT2D eigenvalue weighted by atomic mass is 35.5. The number of nitriles is 1. The molecule has 1 N–H and O–H groups in total. The Balaban J connectivity index is 2.45. The standard InChI is InChI=1S/C16H15ClN2/c1-3-12-6-4-5-11(2)16(12)19-15-8-7-14(17)9-13(15)10-18/h4-9,19H,3H2,1-2H3. The monoisotopic (exact) mass is 270 g/mol. The largest absolute Gasteiger partial charge is 0.354 e. The van der Waals surface area contributed by atoms with Gasteiger partial charge in [0.15, 0.2) is 0 Å².